The Balaban J connectivity index is 0.000000607. The Labute approximate surface area is 205 Å². The van der Waals surface area contributed by atoms with Crippen LogP contribution in [0.3, 0.4) is 0 Å². The monoisotopic (exact) mass is 481 g/mol. The minimum Gasteiger partial charge on any atom is -0.497 e. The number of nitrogens with two attached hydrogens (primary N) is 1. The highest BCUT2D eigenvalue weighted by Crippen LogP contribution is 2.35. The Morgan fingerprint density at radius 1 is 1.06 bits per heavy atom. The van der Waals surface area contributed by atoms with Crippen LogP contribution < -0.4 is 25.4 Å². The number of nitrogens with one attached hydrogen (secondary N) is 1. The number of hydrogen-bond donors (Lipinski definition) is 2. The van der Waals surface area contributed by atoms with Crippen LogP contribution in [0.25, 0.3) is 0 Å². The van der Waals surface area contributed by atoms with Gasteiger partial charge in [-0.25, -0.2) is 4.39 Å². The predicted octanol–water partition coefficient (Wildman–Crippen LogP) is 5.30. The number of amides is 1. The summed E-state index contributed by atoms with van der Waals surface area (Å²) >= 11 is 0. The van der Waals surface area contributed by atoms with Gasteiger partial charge in [0.2, 0.25) is 5.91 Å². The molecular formula is C27H32FN3O4. The molecule has 0 bridgehead atoms. The number of methoxy groups -OCH3 is 1. The first-order chi connectivity index (χ1) is 17.0. The van der Waals surface area contributed by atoms with Crippen LogP contribution in [0.1, 0.15) is 25.3 Å². The quantitative estimate of drug-likeness (QED) is 0.425. The minimum atomic E-state index is -0.470. The fraction of sp³-hybridized carbons (Fsp3) is 0.296. The minimum absolute atomic E-state index is 0.170. The van der Waals surface area contributed by atoms with Gasteiger partial charge in [0.05, 0.1) is 26.0 Å². The molecular weight excluding hydrogens is 449 g/mol. The van der Waals surface area contributed by atoms with Gasteiger partial charge >= 0.3 is 0 Å². The van der Waals surface area contributed by atoms with E-state index in [0.29, 0.717) is 22.9 Å². The molecule has 186 valence electrons. The number of nitrogens with zero attached hydrogens (tertiary/aromatic N) is 1. The van der Waals surface area contributed by atoms with Crippen molar-refractivity contribution in [3.05, 3.63) is 78.1 Å². The first kappa shape index (κ1) is 26.0. The van der Waals surface area contributed by atoms with Crippen LogP contribution in [0.4, 0.5) is 15.8 Å². The van der Waals surface area contributed by atoms with Crippen LogP contribution in [0.5, 0.6) is 17.2 Å². The highest BCUT2D eigenvalue weighted by molar-refractivity contribution is 5.93. The Hall–Kier alpha value is -3.62. The van der Waals surface area contributed by atoms with E-state index in [9.17, 15) is 9.18 Å². The first-order valence-electron chi connectivity index (χ1n) is 11.5. The number of ether oxygens (including phenoxy) is 3. The molecule has 1 aliphatic rings. The van der Waals surface area contributed by atoms with E-state index in [0.717, 1.165) is 24.5 Å². The summed E-state index contributed by atoms with van der Waals surface area (Å²) in [5, 5.41) is 3.07. The van der Waals surface area contributed by atoms with Gasteiger partial charge in [-0.15, -0.1) is 0 Å². The van der Waals surface area contributed by atoms with Crippen LogP contribution in [-0.4, -0.2) is 32.9 Å². The lowest BCUT2D eigenvalue weighted by molar-refractivity contribution is -0.116. The lowest BCUT2D eigenvalue weighted by atomic mass is 10.1. The summed E-state index contributed by atoms with van der Waals surface area (Å²) in [6.07, 6.45) is 2.56. The Morgan fingerprint density at radius 2 is 1.80 bits per heavy atom. The summed E-state index contributed by atoms with van der Waals surface area (Å²) in [4.78, 5) is 14.0. The number of para-hydroxylation sites is 1. The molecule has 1 saturated heterocycles. The van der Waals surface area contributed by atoms with Crippen molar-refractivity contribution in [1.29, 1.82) is 0 Å². The molecule has 35 heavy (non-hydrogen) atoms. The molecule has 4 rings (SSSR count). The Kier molecular flexibility index (Phi) is 9.89. The third-order valence-electron chi connectivity index (χ3n) is 5.32. The molecule has 0 aliphatic carbocycles. The van der Waals surface area contributed by atoms with Crippen LogP contribution in [0.2, 0.25) is 0 Å². The van der Waals surface area contributed by atoms with Gasteiger partial charge in [-0.2, -0.15) is 0 Å². The highest BCUT2D eigenvalue weighted by Gasteiger charge is 2.20. The van der Waals surface area contributed by atoms with E-state index in [2.05, 4.69) is 5.32 Å². The molecule has 0 saturated carbocycles. The number of carbonyl (C=O) groups is 1. The van der Waals surface area contributed by atoms with E-state index in [1.54, 1.807) is 25.3 Å². The molecule has 1 fully saturated rings. The number of halogens is 1. The summed E-state index contributed by atoms with van der Waals surface area (Å²) in [6, 6.07) is 18.6. The average molecular weight is 482 g/mol. The molecule has 3 N–H and O–H groups in total. The van der Waals surface area contributed by atoms with Gasteiger partial charge in [0.1, 0.15) is 17.3 Å². The van der Waals surface area contributed by atoms with Gasteiger partial charge in [-0.3, -0.25) is 4.79 Å². The van der Waals surface area contributed by atoms with E-state index < -0.39 is 5.82 Å². The van der Waals surface area contributed by atoms with Gasteiger partial charge in [0, 0.05) is 31.9 Å². The second kappa shape index (κ2) is 13.3. The predicted molar refractivity (Wildman–Crippen MR) is 136 cm³/mol. The van der Waals surface area contributed by atoms with Crippen LogP contribution in [-0.2, 0) is 16.1 Å². The lowest BCUT2D eigenvalue weighted by Gasteiger charge is -2.25. The van der Waals surface area contributed by atoms with Gasteiger partial charge in [0.25, 0.3) is 0 Å². The molecule has 1 heterocycles. The largest absolute Gasteiger partial charge is 0.497 e. The van der Waals surface area contributed by atoms with Gasteiger partial charge in [-0.05, 0) is 60.9 Å². The summed E-state index contributed by atoms with van der Waals surface area (Å²) in [7, 11) is 1.57. The molecule has 3 aromatic rings. The molecule has 1 aliphatic heterocycles. The molecule has 3 aromatic carbocycles. The molecule has 1 amide bonds. The SMILES string of the molecule is C1CCOC1.COc1ccc(NCN)c(CN(C(C)=O)c2cc(F)ccc2Oc2ccccc2)c1. The lowest BCUT2D eigenvalue weighted by Crippen LogP contribution is -2.29. The molecule has 0 atom stereocenters. The van der Waals surface area contributed by atoms with Crippen molar-refractivity contribution >= 4 is 17.3 Å². The molecule has 0 spiro atoms. The van der Waals surface area contributed by atoms with Crippen LogP contribution in [0.15, 0.2) is 66.7 Å². The van der Waals surface area contributed by atoms with E-state index >= 15 is 0 Å². The summed E-state index contributed by atoms with van der Waals surface area (Å²) in [5.74, 6) is 0.855. The number of hydrogen-bond acceptors (Lipinski definition) is 6. The number of rotatable bonds is 8. The van der Waals surface area contributed by atoms with Crippen LogP contribution in [0, 0.1) is 5.82 Å². The Bertz CT molecular complexity index is 1080. The fourth-order valence-electron chi connectivity index (χ4n) is 3.56. The zero-order valence-corrected chi connectivity index (χ0v) is 20.1. The van der Waals surface area contributed by atoms with E-state index in [-0.39, 0.29) is 19.1 Å². The van der Waals surface area contributed by atoms with E-state index in [4.69, 9.17) is 19.9 Å². The average Bonchev–Trinajstić information content (AvgIpc) is 3.46. The molecule has 8 heteroatoms. The Morgan fingerprint density at radius 3 is 2.40 bits per heavy atom. The van der Waals surface area contributed by atoms with E-state index in [1.807, 2.05) is 30.3 Å². The van der Waals surface area contributed by atoms with Gasteiger partial charge in [-0.1, -0.05) is 18.2 Å². The van der Waals surface area contributed by atoms with Crippen molar-refractivity contribution in [3.8, 4) is 17.2 Å². The topological polar surface area (TPSA) is 86.1 Å². The van der Waals surface area contributed by atoms with Gasteiger partial charge < -0.3 is 30.2 Å². The van der Waals surface area contributed by atoms with Crippen molar-refractivity contribution in [3.63, 3.8) is 0 Å². The first-order valence-corrected chi connectivity index (χ1v) is 11.5. The van der Waals surface area contributed by atoms with E-state index in [1.165, 1.54) is 42.9 Å². The van der Waals surface area contributed by atoms with Crippen molar-refractivity contribution in [2.75, 3.05) is 37.2 Å². The number of benzene rings is 3. The fourth-order valence-corrected chi connectivity index (χ4v) is 3.56. The normalized spacial score (nSPS) is 12.3. The molecule has 7 nitrogen and oxygen atoms in total. The third kappa shape index (κ3) is 7.70. The standard InChI is InChI=1S/C23H24FN3O3.C4H8O/c1-16(28)27(14-17-12-20(29-2)9-10-21(17)26-15-25)22-13-18(24)8-11-23(22)30-19-6-4-3-5-7-19;1-2-4-5-3-1/h3-13,26H,14-15,25H2,1-2H3;1-4H2. The zero-order valence-electron chi connectivity index (χ0n) is 20.1. The number of carbonyl (C=O) groups excluding carboxylic acids is 1. The zero-order chi connectivity index (χ0) is 25.0. The third-order valence-corrected chi connectivity index (χ3v) is 5.32. The second-order valence-electron chi connectivity index (χ2n) is 7.86. The van der Waals surface area contributed by atoms with Crippen LogP contribution >= 0.6 is 0 Å². The number of anilines is 2. The van der Waals surface area contributed by atoms with Crippen molar-refractivity contribution in [2.45, 2.75) is 26.3 Å². The molecule has 0 aromatic heterocycles. The maximum Gasteiger partial charge on any atom is 0.224 e. The summed E-state index contributed by atoms with van der Waals surface area (Å²) in [5.41, 5.74) is 7.49. The van der Waals surface area contributed by atoms with Gasteiger partial charge in [0.15, 0.2) is 5.75 Å². The second-order valence-corrected chi connectivity index (χ2v) is 7.86. The maximum absolute atomic E-state index is 14.1. The van der Waals surface area contributed by atoms with Crippen molar-refractivity contribution in [1.82, 2.24) is 0 Å². The smallest absolute Gasteiger partial charge is 0.224 e. The highest BCUT2D eigenvalue weighted by atomic mass is 19.1. The molecule has 0 radical (unpaired) electrons. The summed E-state index contributed by atoms with van der Waals surface area (Å²) in [6.45, 7) is 3.82. The summed E-state index contributed by atoms with van der Waals surface area (Å²) < 4.78 is 30.3. The maximum atomic E-state index is 14.1. The van der Waals surface area contributed by atoms with Crippen molar-refractivity contribution in [2.24, 2.45) is 5.73 Å². The molecule has 0 unspecified atom stereocenters. The van der Waals surface area contributed by atoms with Crippen molar-refractivity contribution < 1.29 is 23.4 Å².